The molecular weight excluding hydrogens is 270 g/mol. The van der Waals surface area contributed by atoms with Crippen LogP contribution in [0.2, 0.25) is 0 Å². The third kappa shape index (κ3) is 4.28. The number of aromatic nitrogens is 2. The molecule has 4 nitrogen and oxygen atoms in total. The van der Waals surface area contributed by atoms with Gasteiger partial charge in [0.05, 0.1) is 13.2 Å². The number of hydrogen-bond donors (Lipinski definition) is 1. The van der Waals surface area contributed by atoms with Crippen molar-refractivity contribution < 1.29 is 4.74 Å². The van der Waals surface area contributed by atoms with Gasteiger partial charge in [0.25, 0.3) is 0 Å². The summed E-state index contributed by atoms with van der Waals surface area (Å²) in [5.74, 6) is 0.885. The highest BCUT2D eigenvalue weighted by Crippen LogP contribution is 2.25. The first kappa shape index (κ1) is 14.9. The monoisotopic (exact) mass is 291 g/mol. The summed E-state index contributed by atoms with van der Waals surface area (Å²) >= 11 is 1.62. The lowest BCUT2D eigenvalue weighted by Crippen LogP contribution is -2.35. The van der Waals surface area contributed by atoms with E-state index in [1.165, 1.54) is 0 Å². The van der Waals surface area contributed by atoms with Crippen molar-refractivity contribution >= 4 is 11.3 Å². The molecular formula is C15H21N3OS. The van der Waals surface area contributed by atoms with Crippen molar-refractivity contribution in [2.75, 3.05) is 6.61 Å². The first-order chi connectivity index (χ1) is 9.48. The topological polar surface area (TPSA) is 47.0 Å². The molecule has 0 aliphatic heterocycles. The third-order valence-corrected chi connectivity index (χ3v) is 3.62. The van der Waals surface area contributed by atoms with E-state index in [0.29, 0.717) is 6.61 Å². The van der Waals surface area contributed by atoms with Crippen LogP contribution in [0.5, 0.6) is 5.75 Å². The lowest BCUT2D eigenvalue weighted by molar-refractivity contribution is 0.340. The van der Waals surface area contributed by atoms with E-state index in [4.69, 9.17) is 4.74 Å². The highest BCUT2D eigenvalue weighted by atomic mass is 32.1. The Hall–Kier alpha value is -1.46. The summed E-state index contributed by atoms with van der Waals surface area (Å²) in [5, 5.41) is 13.8. The fourth-order valence-electron chi connectivity index (χ4n) is 1.64. The van der Waals surface area contributed by atoms with E-state index >= 15 is 0 Å². The summed E-state index contributed by atoms with van der Waals surface area (Å²) in [6.45, 7) is 9.83. The second-order valence-corrected chi connectivity index (χ2v) is 6.62. The minimum atomic E-state index is 0.0883. The number of nitrogens with one attached hydrogen (secondary N) is 1. The number of rotatable bonds is 5. The molecule has 0 radical (unpaired) electrons. The van der Waals surface area contributed by atoms with Crippen LogP contribution in [0.15, 0.2) is 24.3 Å². The molecule has 1 N–H and O–H groups in total. The van der Waals surface area contributed by atoms with Crippen molar-refractivity contribution in [3.8, 4) is 16.3 Å². The van der Waals surface area contributed by atoms with Crippen LogP contribution < -0.4 is 10.1 Å². The van der Waals surface area contributed by atoms with Crippen molar-refractivity contribution in [2.24, 2.45) is 0 Å². The van der Waals surface area contributed by atoms with Gasteiger partial charge in [0.15, 0.2) is 0 Å². The zero-order valence-electron chi connectivity index (χ0n) is 12.4. The summed E-state index contributed by atoms with van der Waals surface area (Å²) in [5.41, 5.74) is 1.17. The Bertz CT molecular complexity index is 543. The van der Waals surface area contributed by atoms with Crippen molar-refractivity contribution in [1.29, 1.82) is 0 Å². The SMILES string of the molecule is CCOc1ccc(-c2nnc(CNC(C)(C)C)s2)cc1. The van der Waals surface area contributed by atoms with E-state index in [2.05, 4.69) is 36.3 Å². The molecule has 1 aromatic carbocycles. The minimum absolute atomic E-state index is 0.0883. The van der Waals surface area contributed by atoms with Gasteiger partial charge in [-0.2, -0.15) is 0 Å². The maximum atomic E-state index is 5.44. The van der Waals surface area contributed by atoms with Crippen molar-refractivity contribution in [3.63, 3.8) is 0 Å². The van der Waals surface area contributed by atoms with Crippen LogP contribution in [0.3, 0.4) is 0 Å². The third-order valence-electron chi connectivity index (χ3n) is 2.65. The molecule has 20 heavy (non-hydrogen) atoms. The Morgan fingerprint density at radius 3 is 2.45 bits per heavy atom. The van der Waals surface area contributed by atoms with Gasteiger partial charge in [-0.05, 0) is 52.0 Å². The minimum Gasteiger partial charge on any atom is -0.494 e. The molecule has 0 aliphatic rings. The zero-order valence-corrected chi connectivity index (χ0v) is 13.3. The predicted octanol–water partition coefficient (Wildman–Crippen LogP) is 3.49. The Labute approximate surface area is 124 Å². The Morgan fingerprint density at radius 1 is 1.15 bits per heavy atom. The molecule has 1 aromatic heterocycles. The maximum Gasteiger partial charge on any atom is 0.147 e. The second kappa shape index (κ2) is 6.33. The lowest BCUT2D eigenvalue weighted by atomic mass is 10.1. The summed E-state index contributed by atoms with van der Waals surface area (Å²) in [6.07, 6.45) is 0. The van der Waals surface area contributed by atoms with Crippen molar-refractivity contribution in [1.82, 2.24) is 15.5 Å². The Kier molecular flexibility index (Phi) is 4.73. The largest absolute Gasteiger partial charge is 0.494 e. The highest BCUT2D eigenvalue weighted by molar-refractivity contribution is 7.14. The van der Waals surface area contributed by atoms with Gasteiger partial charge in [0, 0.05) is 11.1 Å². The average Bonchev–Trinajstić information content (AvgIpc) is 2.86. The van der Waals surface area contributed by atoms with Crippen LogP contribution in [-0.4, -0.2) is 22.3 Å². The van der Waals surface area contributed by atoms with Gasteiger partial charge < -0.3 is 10.1 Å². The predicted molar refractivity (Wildman–Crippen MR) is 83.1 cm³/mol. The quantitative estimate of drug-likeness (QED) is 0.916. The van der Waals surface area contributed by atoms with Gasteiger partial charge in [-0.15, -0.1) is 10.2 Å². The van der Waals surface area contributed by atoms with Crippen LogP contribution in [0.1, 0.15) is 32.7 Å². The normalized spacial score (nSPS) is 11.6. The molecule has 5 heteroatoms. The zero-order chi connectivity index (χ0) is 14.6. The summed E-state index contributed by atoms with van der Waals surface area (Å²) in [6, 6.07) is 7.97. The van der Waals surface area contributed by atoms with Crippen LogP contribution in [0.4, 0.5) is 0 Å². The van der Waals surface area contributed by atoms with Crippen LogP contribution >= 0.6 is 11.3 Å². The molecule has 2 aromatic rings. The molecule has 0 saturated carbocycles. The van der Waals surface area contributed by atoms with Gasteiger partial charge in [-0.25, -0.2) is 0 Å². The van der Waals surface area contributed by atoms with Gasteiger partial charge in [0.1, 0.15) is 15.8 Å². The van der Waals surface area contributed by atoms with Crippen LogP contribution in [0, 0.1) is 0 Å². The molecule has 0 spiro atoms. The van der Waals surface area contributed by atoms with E-state index in [0.717, 1.165) is 27.9 Å². The van der Waals surface area contributed by atoms with E-state index in [-0.39, 0.29) is 5.54 Å². The van der Waals surface area contributed by atoms with E-state index in [1.807, 2.05) is 31.2 Å². The van der Waals surface area contributed by atoms with Crippen molar-refractivity contribution in [3.05, 3.63) is 29.3 Å². The van der Waals surface area contributed by atoms with E-state index < -0.39 is 0 Å². The van der Waals surface area contributed by atoms with E-state index in [1.54, 1.807) is 11.3 Å². The Balaban J connectivity index is 2.04. The van der Waals surface area contributed by atoms with Crippen LogP contribution in [0.25, 0.3) is 10.6 Å². The first-order valence-corrected chi connectivity index (χ1v) is 7.60. The fourth-order valence-corrected chi connectivity index (χ4v) is 2.43. The molecule has 0 fully saturated rings. The lowest BCUT2D eigenvalue weighted by Gasteiger charge is -2.19. The molecule has 2 rings (SSSR count). The molecule has 0 saturated heterocycles. The van der Waals surface area contributed by atoms with Crippen LogP contribution in [-0.2, 0) is 6.54 Å². The molecule has 1 heterocycles. The number of benzene rings is 1. The summed E-state index contributed by atoms with van der Waals surface area (Å²) in [7, 11) is 0. The van der Waals surface area contributed by atoms with Crippen molar-refractivity contribution in [2.45, 2.75) is 39.8 Å². The Morgan fingerprint density at radius 2 is 1.85 bits per heavy atom. The molecule has 108 valence electrons. The smallest absolute Gasteiger partial charge is 0.147 e. The van der Waals surface area contributed by atoms with Gasteiger partial charge in [0.2, 0.25) is 0 Å². The number of nitrogens with zero attached hydrogens (tertiary/aromatic N) is 2. The standard InChI is InChI=1S/C15H21N3OS/c1-5-19-12-8-6-11(7-9-12)14-18-17-13(20-14)10-16-15(2,3)4/h6-9,16H,5,10H2,1-4H3. The van der Waals surface area contributed by atoms with E-state index in [9.17, 15) is 0 Å². The summed E-state index contributed by atoms with van der Waals surface area (Å²) < 4.78 is 5.44. The first-order valence-electron chi connectivity index (χ1n) is 6.78. The van der Waals surface area contributed by atoms with Gasteiger partial charge in [-0.1, -0.05) is 11.3 Å². The summed E-state index contributed by atoms with van der Waals surface area (Å²) in [4.78, 5) is 0. The average molecular weight is 291 g/mol. The fraction of sp³-hybridized carbons (Fsp3) is 0.467. The second-order valence-electron chi connectivity index (χ2n) is 5.56. The molecule has 0 bridgehead atoms. The number of ether oxygens (including phenoxy) is 1. The maximum absolute atomic E-state index is 5.44. The molecule has 0 amide bonds. The highest BCUT2D eigenvalue weighted by Gasteiger charge is 2.11. The molecule has 0 unspecified atom stereocenters. The number of hydrogen-bond acceptors (Lipinski definition) is 5. The molecule has 0 aliphatic carbocycles. The molecule has 0 atom stereocenters. The van der Waals surface area contributed by atoms with Gasteiger partial charge in [-0.3, -0.25) is 0 Å². The van der Waals surface area contributed by atoms with Gasteiger partial charge >= 0.3 is 0 Å².